The molecule has 0 aliphatic carbocycles. The lowest BCUT2D eigenvalue weighted by Crippen LogP contribution is -2.15. The third-order valence-corrected chi connectivity index (χ3v) is 5.97. The lowest BCUT2D eigenvalue weighted by Gasteiger charge is -2.04. The zero-order valence-electron chi connectivity index (χ0n) is 12.3. The predicted octanol–water partition coefficient (Wildman–Crippen LogP) is 3.19. The van der Waals surface area contributed by atoms with Gasteiger partial charge in [-0.15, -0.1) is 16.5 Å². The van der Waals surface area contributed by atoms with Crippen LogP contribution in [-0.2, 0) is 4.79 Å². The SMILES string of the molecule is CC(=O)On1c(O)cc(SCCCSSc2ccccn2)c1O. The molecule has 0 atom stereocenters. The van der Waals surface area contributed by atoms with Gasteiger partial charge in [-0.25, -0.2) is 9.78 Å². The fraction of sp³-hybridized carbons (Fsp3) is 0.286. The summed E-state index contributed by atoms with van der Waals surface area (Å²) in [6.07, 6.45) is 2.69. The highest BCUT2D eigenvalue weighted by Gasteiger charge is 2.16. The molecule has 0 radical (unpaired) electrons. The van der Waals surface area contributed by atoms with Gasteiger partial charge in [0, 0.05) is 24.9 Å². The van der Waals surface area contributed by atoms with E-state index in [1.54, 1.807) is 27.8 Å². The van der Waals surface area contributed by atoms with Crippen LogP contribution in [0.1, 0.15) is 13.3 Å². The number of aromatic hydroxyl groups is 2. The normalized spacial score (nSPS) is 10.7. The zero-order chi connectivity index (χ0) is 16.7. The Bertz CT molecular complexity index is 649. The van der Waals surface area contributed by atoms with E-state index in [1.165, 1.54) is 24.8 Å². The van der Waals surface area contributed by atoms with E-state index >= 15 is 0 Å². The molecular formula is C14H16N2O4S3. The number of nitrogens with zero attached hydrogens (tertiary/aromatic N) is 2. The summed E-state index contributed by atoms with van der Waals surface area (Å²) in [5.41, 5.74) is 0. The van der Waals surface area contributed by atoms with E-state index in [2.05, 4.69) is 4.98 Å². The highest BCUT2D eigenvalue weighted by atomic mass is 33.1. The molecule has 2 N–H and O–H groups in total. The zero-order valence-corrected chi connectivity index (χ0v) is 14.8. The molecule has 0 bridgehead atoms. The van der Waals surface area contributed by atoms with Gasteiger partial charge in [-0.3, -0.25) is 0 Å². The number of thioether (sulfide) groups is 1. The third-order valence-electron chi connectivity index (χ3n) is 2.51. The maximum absolute atomic E-state index is 10.9. The molecule has 0 spiro atoms. The average Bonchev–Trinajstić information content (AvgIpc) is 2.79. The van der Waals surface area contributed by atoms with E-state index in [1.807, 2.05) is 18.2 Å². The lowest BCUT2D eigenvalue weighted by atomic mass is 10.5. The summed E-state index contributed by atoms with van der Waals surface area (Å²) in [5, 5.41) is 20.5. The van der Waals surface area contributed by atoms with Crippen molar-refractivity contribution in [1.29, 1.82) is 0 Å². The first-order valence-electron chi connectivity index (χ1n) is 6.74. The molecule has 0 saturated carbocycles. The Hall–Kier alpha value is -1.45. The summed E-state index contributed by atoms with van der Waals surface area (Å²) in [6, 6.07) is 7.17. The van der Waals surface area contributed by atoms with Gasteiger partial charge in [-0.2, -0.15) is 0 Å². The van der Waals surface area contributed by atoms with Gasteiger partial charge >= 0.3 is 5.97 Å². The van der Waals surface area contributed by atoms with Gasteiger partial charge in [0.25, 0.3) is 0 Å². The number of rotatable bonds is 8. The van der Waals surface area contributed by atoms with Crippen molar-refractivity contribution in [2.75, 3.05) is 11.5 Å². The summed E-state index contributed by atoms with van der Waals surface area (Å²) in [5.74, 6) is 0.516. The Labute approximate surface area is 146 Å². The molecule has 9 heteroatoms. The second-order valence-electron chi connectivity index (χ2n) is 4.34. The fourth-order valence-electron chi connectivity index (χ4n) is 1.57. The minimum absolute atomic E-state index is 0.266. The van der Waals surface area contributed by atoms with E-state index < -0.39 is 5.97 Å². The Balaban J connectivity index is 1.71. The van der Waals surface area contributed by atoms with Crippen LogP contribution in [0.15, 0.2) is 40.4 Å². The molecule has 0 aliphatic heterocycles. The van der Waals surface area contributed by atoms with E-state index in [4.69, 9.17) is 4.84 Å². The summed E-state index contributed by atoms with van der Waals surface area (Å²) < 4.78 is 0.719. The predicted molar refractivity (Wildman–Crippen MR) is 92.9 cm³/mol. The third kappa shape index (κ3) is 5.60. The van der Waals surface area contributed by atoms with Crippen LogP contribution in [0.25, 0.3) is 0 Å². The van der Waals surface area contributed by atoms with Crippen LogP contribution in [0.4, 0.5) is 0 Å². The molecule has 2 rings (SSSR count). The Morgan fingerprint density at radius 1 is 1.35 bits per heavy atom. The van der Waals surface area contributed by atoms with Gasteiger partial charge < -0.3 is 15.1 Å². The smallest absolute Gasteiger partial charge is 0.330 e. The molecule has 0 aliphatic rings. The number of carbonyl (C=O) groups excluding carboxylic acids is 1. The van der Waals surface area contributed by atoms with Gasteiger partial charge in [-0.05, 0) is 35.1 Å². The monoisotopic (exact) mass is 372 g/mol. The van der Waals surface area contributed by atoms with Crippen molar-refractivity contribution in [1.82, 2.24) is 9.71 Å². The Morgan fingerprint density at radius 2 is 2.17 bits per heavy atom. The maximum Gasteiger partial charge on any atom is 0.330 e. The molecular weight excluding hydrogens is 356 g/mol. The second-order valence-corrected chi connectivity index (χ2v) is 7.92. The van der Waals surface area contributed by atoms with Crippen molar-refractivity contribution in [3.63, 3.8) is 0 Å². The minimum Gasteiger partial charge on any atom is -0.492 e. The van der Waals surface area contributed by atoms with Crippen LogP contribution in [0, 0.1) is 0 Å². The van der Waals surface area contributed by atoms with E-state index in [-0.39, 0.29) is 11.8 Å². The van der Waals surface area contributed by atoms with Crippen molar-refractivity contribution in [2.24, 2.45) is 0 Å². The van der Waals surface area contributed by atoms with Gasteiger partial charge in [0.05, 0.1) is 4.90 Å². The molecule has 2 aromatic rings. The molecule has 0 amide bonds. The van der Waals surface area contributed by atoms with Crippen molar-refractivity contribution < 1.29 is 19.8 Å². The van der Waals surface area contributed by atoms with Crippen LogP contribution in [-0.4, -0.2) is 37.4 Å². The van der Waals surface area contributed by atoms with Gasteiger partial charge in [0.15, 0.2) is 0 Å². The van der Waals surface area contributed by atoms with Crippen molar-refractivity contribution in [3.05, 3.63) is 30.5 Å². The molecule has 124 valence electrons. The molecule has 2 aromatic heterocycles. The second kappa shape index (κ2) is 8.99. The van der Waals surface area contributed by atoms with Gasteiger partial charge in [-0.1, -0.05) is 16.9 Å². The van der Waals surface area contributed by atoms with Crippen LogP contribution in [0.5, 0.6) is 11.8 Å². The van der Waals surface area contributed by atoms with Crippen molar-refractivity contribution in [3.8, 4) is 11.8 Å². The lowest BCUT2D eigenvalue weighted by molar-refractivity contribution is -0.142. The molecule has 2 heterocycles. The minimum atomic E-state index is -0.620. The first-order chi connectivity index (χ1) is 11.1. The summed E-state index contributed by atoms with van der Waals surface area (Å²) in [4.78, 5) is 20.3. The topological polar surface area (TPSA) is 84.6 Å². The van der Waals surface area contributed by atoms with E-state index in [0.29, 0.717) is 4.90 Å². The number of hydrogen-bond acceptors (Lipinski definition) is 8. The van der Waals surface area contributed by atoms with Crippen LogP contribution in [0.3, 0.4) is 0 Å². The van der Waals surface area contributed by atoms with E-state index in [0.717, 1.165) is 27.7 Å². The van der Waals surface area contributed by atoms with Crippen LogP contribution >= 0.6 is 33.3 Å². The number of aromatic nitrogens is 2. The number of carbonyl (C=O) groups is 1. The molecule has 0 aromatic carbocycles. The summed E-state index contributed by atoms with van der Waals surface area (Å²) >= 11 is 1.40. The largest absolute Gasteiger partial charge is 0.492 e. The van der Waals surface area contributed by atoms with E-state index in [9.17, 15) is 15.0 Å². The Morgan fingerprint density at radius 3 is 2.87 bits per heavy atom. The molecule has 0 unspecified atom stereocenters. The standard InChI is InChI=1S/C14H16N2O4S3/c1-10(17)20-16-13(18)9-11(14(16)19)21-7-4-8-22-23-12-5-2-3-6-15-12/h2-3,5-6,9,18-19H,4,7-8H2,1H3. The quantitative estimate of drug-likeness (QED) is 0.415. The maximum atomic E-state index is 10.9. The Kier molecular flexibility index (Phi) is 7.00. The molecule has 0 fully saturated rings. The molecule has 0 saturated heterocycles. The average molecular weight is 372 g/mol. The highest BCUT2D eigenvalue weighted by molar-refractivity contribution is 8.76. The first-order valence-corrected chi connectivity index (χ1v) is 10.0. The first kappa shape index (κ1) is 17.9. The molecule has 6 nitrogen and oxygen atoms in total. The highest BCUT2D eigenvalue weighted by Crippen LogP contribution is 2.35. The number of pyridine rings is 1. The van der Waals surface area contributed by atoms with Crippen molar-refractivity contribution in [2.45, 2.75) is 23.3 Å². The summed E-state index contributed by atoms with van der Waals surface area (Å²) in [7, 11) is 3.35. The van der Waals surface area contributed by atoms with Crippen molar-refractivity contribution >= 4 is 39.3 Å². The summed E-state index contributed by atoms with van der Waals surface area (Å²) in [6.45, 7) is 1.20. The van der Waals surface area contributed by atoms with Gasteiger partial charge in [0.1, 0.15) is 5.03 Å². The fourth-order valence-corrected chi connectivity index (χ4v) is 4.63. The molecule has 23 heavy (non-hydrogen) atoms. The van der Waals surface area contributed by atoms with Crippen LogP contribution < -0.4 is 4.84 Å². The van der Waals surface area contributed by atoms with Gasteiger partial charge in [0.2, 0.25) is 11.8 Å². The number of hydrogen-bond donors (Lipinski definition) is 2. The van der Waals surface area contributed by atoms with Crippen LogP contribution in [0.2, 0.25) is 0 Å².